The van der Waals surface area contributed by atoms with Crippen LogP contribution in [0, 0.1) is 5.92 Å². The zero-order valence-corrected chi connectivity index (χ0v) is 18.9. The predicted molar refractivity (Wildman–Crippen MR) is 123 cm³/mol. The summed E-state index contributed by atoms with van der Waals surface area (Å²) in [6.45, 7) is 3.10. The summed E-state index contributed by atoms with van der Waals surface area (Å²) in [6.07, 6.45) is 3.11. The highest BCUT2D eigenvalue weighted by molar-refractivity contribution is 9.10. The number of nitrogens with one attached hydrogen (secondary N) is 2. The lowest BCUT2D eigenvalue weighted by Crippen LogP contribution is -2.43. The molecule has 0 saturated carbocycles. The Kier molecular flexibility index (Phi) is 6.51. The smallest absolute Gasteiger partial charge is 0.253 e. The number of hydrogen-bond acceptors (Lipinski definition) is 3. The van der Waals surface area contributed by atoms with Gasteiger partial charge in [-0.2, -0.15) is 0 Å². The number of aromatic amines is 1. The fraction of sp³-hybridized carbons (Fsp3) is 0.292. The Morgan fingerprint density at radius 2 is 1.77 bits per heavy atom. The van der Waals surface area contributed by atoms with Gasteiger partial charge in [0.15, 0.2) is 0 Å². The lowest BCUT2D eigenvalue weighted by atomic mass is 9.95. The number of piperidine rings is 1. The van der Waals surface area contributed by atoms with Crippen LogP contribution in [0.3, 0.4) is 0 Å². The van der Waals surface area contributed by atoms with Crippen LogP contribution in [0.4, 0.5) is 0 Å². The lowest BCUT2D eigenvalue weighted by Gasteiger charge is -2.32. The summed E-state index contributed by atoms with van der Waals surface area (Å²) in [5.41, 5.74) is 2.66. The van der Waals surface area contributed by atoms with E-state index >= 15 is 0 Å². The third kappa shape index (κ3) is 5.05. The molecular formula is C24H25BrN4O2. The zero-order chi connectivity index (χ0) is 21.8. The van der Waals surface area contributed by atoms with Crippen LogP contribution in [-0.4, -0.2) is 39.8 Å². The van der Waals surface area contributed by atoms with E-state index < -0.39 is 0 Å². The first-order valence-corrected chi connectivity index (χ1v) is 11.3. The number of amides is 2. The Morgan fingerprint density at radius 1 is 1.10 bits per heavy atom. The number of hydrogen-bond donors (Lipinski definition) is 2. The number of aromatic nitrogens is 2. The van der Waals surface area contributed by atoms with Crippen LogP contribution in [0.25, 0.3) is 11.3 Å². The summed E-state index contributed by atoms with van der Waals surface area (Å²) < 4.78 is 0.945. The first-order valence-electron chi connectivity index (χ1n) is 10.5. The molecule has 0 aliphatic carbocycles. The molecule has 1 aromatic heterocycles. The van der Waals surface area contributed by atoms with Crippen LogP contribution in [-0.2, 0) is 4.79 Å². The summed E-state index contributed by atoms with van der Waals surface area (Å²) in [4.78, 5) is 35.0. The summed E-state index contributed by atoms with van der Waals surface area (Å²) in [5, 5.41) is 3.07. The second kappa shape index (κ2) is 9.47. The molecule has 160 valence electrons. The second-order valence-electron chi connectivity index (χ2n) is 7.85. The normalized spacial score (nSPS) is 15.5. The van der Waals surface area contributed by atoms with Gasteiger partial charge in [0.1, 0.15) is 5.82 Å². The number of carbonyl (C=O) groups is 2. The van der Waals surface area contributed by atoms with E-state index in [9.17, 15) is 9.59 Å². The van der Waals surface area contributed by atoms with Gasteiger partial charge in [0.2, 0.25) is 5.91 Å². The van der Waals surface area contributed by atoms with Crippen molar-refractivity contribution in [3.05, 3.63) is 76.7 Å². The molecule has 2 heterocycles. The minimum atomic E-state index is -0.215. The molecule has 2 amide bonds. The Hall–Kier alpha value is -2.93. The standard InChI is InChI=1S/C24H25BrN4O2/c1-16(22-26-15-21(28-22)17-5-3-2-4-6-17)27-23(30)18-11-13-29(14-12-18)24(31)19-7-9-20(25)10-8-19/h2-10,15-16,18H,11-14H2,1H3,(H,26,28)(H,27,30). The fourth-order valence-electron chi connectivity index (χ4n) is 3.84. The van der Waals surface area contributed by atoms with Gasteiger partial charge in [0, 0.05) is 29.0 Å². The summed E-state index contributed by atoms with van der Waals surface area (Å²) in [6, 6.07) is 17.1. The van der Waals surface area contributed by atoms with E-state index in [4.69, 9.17) is 0 Å². The molecule has 0 spiro atoms. The van der Waals surface area contributed by atoms with Gasteiger partial charge in [-0.15, -0.1) is 0 Å². The molecule has 2 N–H and O–H groups in total. The molecule has 0 bridgehead atoms. The molecule has 7 heteroatoms. The predicted octanol–water partition coefficient (Wildman–Crippen LogP) is 4.57. The highest BCUT2D eigenvalue weighted by atomic mass is 79.9. The fourth-order valence-corrected chi connectivity index (χ4v) is 4.10. The highest BCUT2D eigenvalue weighted by Gasteiger charge is 2.29. The Bertz CT molecular complexity index is 1040. The van der Waals surface area contributed by atoms with Gasteiger partial charge >= 0.3 is 0 Å². The molecule has 31 heavy (non-hydrogen) atoms. The molecule has 2 aromatic carbocycles. The zero-order valence-electron chi connectivity index (χ0n) is 17.3. The van der Waals surface area contributed by atoms with E-state index in [0.717, 1.165) is 21.6 Å². The summed E-state index contributed by atoms with van der Waals surface area (Å²) >= 11 is 3.39. The molecule has 0 radical (unpaired) electrons. The maximum Gasteiger partial charge on any atom is 0.253 e. The van der Waals surface area contributed by atoms with Crippen LogP contribution < -0.4 is 5.32 Å². The average Bonchev–Trinajstić information content (AvgIpc) is 3.30. The van der Waals surface area contributed by atoms with Gasteiger partial charge in [-0.25, -0.2) is 4.98 Å². The van der Waals surface area contributed by atoms with Crippen LogP contribution in [0.2, 0.25) is 0 Å². The van der Waals surface area contributed by atoms with Gasteiger partial charge in [-0.05, 0) is 49.6 Å². The lowest BCUT2D eigenvalue weighted by molar-refractivity contribution is -0.127. The van der Waals surface area contributed by atoms with Gasteiger partial charge in [-0.1, -0.05) is 46.3 Å². The Balaban J connectivity index is 1.30. The van der Waals surface area contributed by atoms with E-state index in [2.05, 4.69) is 31.2 Å². The van der Waals surface area contributed by atoms with Gasteiger partial charge < -0.3 is 15.2 Å². The van der Waals surface area contributed by atoms with Crippen molar-refractivity contribution in [2.24, 2.45) is 5.92 Å². The van der Waals surface area contributed by atoms with E-state index in [1.807, 2.05) is 66.4 Å². The van der Waals surface area contributed by atoms with Crippen molar-refractivity contribution in [1.82, 2.24) is 20.2 Å². The van der Waals surface area contributed by atoms with Crippen LogP contribution in [0.5, 0.6) is 0 Å². The topological polar surface area (TPSA) is 78.1 Å². The molecule has 1 atom stereocenters. The quantitative estimate of drug-likeness (QED) is 0.561. The van der Waals surface area contributed by atoms with Crippen molar-refractivity contribution in [3.8, 4) is 11.3 Å². The molecule has 4 rings (SSSR count). The maximum atomic E-state index is 12.8. The number of nitrogens with zero attached hydrogens (tertiary/aromatic N) is 2. The van der Waals surface area contributed by atoms with Gasteiger partial charge in [-0.3, -0.25) is 9.59 Å². The van der Waals surface area contributed by atoms with Crippen LogP contribution >= 0.6 is 15.9 Å². The molecule has 1 aliphatic rings. The summed E-state index contributed by atoms with van der Waals surface area (Å²) in [7, 11) is 0. The van der Waals surface area contributed by atoms with Crippen molar-refractivity contribution >= 4 is 27.7 Å². The highest BCUT2D eigenvalue weighted by Crippen LogP contribution is 2.22. The minimum Gasteiger partial charge on any atom is -0.346 e. The van der Waals surface area contributed by atoms with Crippen molar-refractivity contribution in [2.75, 3.05) is 13.1 Å². The largest absolute Gasteiger partial charge is 0.346 e. The maximum absolute atomic E-state index is 12.8. The van der Waals surface area contributed by atoms with E-state index in [0.29, 0.717) is 31.5 Å². The van der Waals surface area contributed by atoms with E-state index in [-0.39, 0.29) is 23.8 Å². The van der Waals surface area contributed by atoms with Crippen LogP contribution in [0.1, 0.15) is 42.0 Å². The molecule has 6 nitrogen and oxygen atoms in total. The van der Waals surface area contributed by atoms with E-state index in [1.54, 1.807) is 6.20 Å². The minimum absolute atomic E-state index is 0.0147. The average molecular weight is 481 g/mol. The molecule has 1 unspecified atom stereocenters. The number of carbonyl (C=O) groups excluding carboxylic acids is 2. The Morgan fingerprint density at radius 3 is 2.45 bits per heavy atom. The molecule has 1 fully saturated rings. The summed E-state index contributed by atoms with van der Waals surface area (Å²) in [5.74, 6) is 0.666. The first-order chi connectivity index (χ1) is 15.0. The second-order valence-corrected chi connectivity index (χ2v) is 8.77. The van der Waals surface area contributed by atoms with Crippen molar-refractivity contribution < 1.29 is 9.59 Å². The van der Waals surface area contributed by atoms with Crippen molar-refractivity contribution in [2.45, 2.75) is 25.8 Å². The number of benzene rings is 2. The number of H-pyrrole nitrogens is 1. The third-order valence-corrected chi connectivity index (χ3v) is 6.22. The van der Waals surface area contributed by atoms with Gasteiger partial charge in [0.25, 0.3) is 5.91 Å². The number of imidazole rings is 1. The number of halogens is 1. The molecule has 1 saturated heterocycles. The van der Waals surface area contributed by atoms with Crippen LogP contribution in [0.15, 0.2) is 65.3 Å². The number of rotatable bonds is 5. The van der Waals surface area contributed by atoms with Crippen molar-refractivity contribution in [3.63, 3.8) is 0 Å². The third-order valence-electron chi connectivity index (χ3n) is 5.69. The Labute approximate surface area is 190 Å². The SMILES string of the molecule is CC(NC(=O)C1CCN(C(=O)c2ccc(Br)cc2)CC1)c1ncc(-c2ccccc2)[nH]1. The molecular weight excluding hydrogens is 456 g/mol. The van der Waals surface area contributed by atoms with Crippen molar-refractivity contribution in [1.29, 1.82) is 0 Å². The molecule has 3 aromatic rings. The first kappa shape index (κ1) is 21.3. The molecule has 1 aliphatic heterocycles. The monoisotopic (exact) mass is 480 g/mol. The van der Waals surface area contributed by atoms with Gasteiger partial charge in [0.05, 0.1) is 17.9 Å². The van der Waals surface area contributed by atoms with E-state index in [1.165, 1.54) is 0 Å². The number of likely N-dealkylation sites (tertiary alicyclic amines) is 1.